The van der Waals surface area contributed by atoms with Gasteiger partial charge in [-0.1, -0.05) is 36.4 Å². The summed E-state index contributed by atoms with van der Waals surface area (Å²) < 4.78 is 32.4. The lowest BCUT2D eigenvalue weighted by atomic mass is 10.0. The molecule has 0 amide bonds. The third-order valence-corrected chi connectivity index (χ3v) is 4.84. The van der Waals surface area contributed by atoms with Crippen molar-refractivity contribution in [2.24, 2.45) is 10.2 Å². The first-order valence-electron chi connectivity index (χ1n) is 7.67. The number of azo groups is 1. The first kappa shape index (κ1) is 18.5. The van der Waals surface area contributed by atoms with Crippen LogP contribution in [0.1, 0.15) is 15.9 Å². The van der Waals surface area contributed by atoms with Crippen molar-refractivity contribution in [3.8, 4) is 5.75 Å². The third-order valence-electron chi connectivity index (χ3n) is 3.95. The molecule has 3 aromatic rings. The summed E-state index contributed by atoms with van der Waals surface area (Å²) in [5.74, 6) is -1.93. The minimum Gasteiger partial charge on any atom is -0.505 e. The molecule has 0 fully saturated rings. The highest BCUT2D eigenvalue weighted by atomic mass is 32.2. The minimum atomic E-state index is -4.54. The number of benzene rings is 3. The SMILES string of the molecule is Cc1cccc(S(=O)(=O)O)c1N=Nc1cc2ccccc2c(C(=O)O)c1O. The number of carboxylic acids is 1. The van der Waals surface area contributed by atoms with Crippen molar-refractivity contribution in [2.75, 3.05) is 0 Å². The predicted molar refractivity (Wildman–Crippen MR) is 97.7 cm³/mol. The van der Waals surface area contributed by atoms with E-state index in [0.717, 1.165) is 0 Å². The van der Waals surface area contributed by atoms with Gasteiger partial charge in [0.05, 0.1) is 0 Å². The lowest BCUT2D eigenvalue weighted by Gasteiger charge is -2.08. The van der Waals surface area contributed by atoms with Crippen LogP contribution in [0.25, 0.3) is 10.8 Å². The van der Waals surface area contributed by atoms with Crippen LogP contribution in [0.5, 0.6) is 5.75 Å². The molecule has 0 saturated heterocycles. The number of hydrogen-bond donors (Lipinski definition) is 3. The topological polar surface area (TPSA) is 137 Å². The lowest BCUT2D eigenvalue weighted by Crippen LogP contribution is -1.99. The van der Waals surface area contributed by atoms with Crippen molar-refractivity contribution < 1.29 is 28.0 Å². The highest BCUT2D eigenvalue weighted by Crippen LogP contribution is 2.38. The van der Waals surface area contributed by atoms with E-state index in [4.69, 9.17) is 0 Å². The van der Waals surface area contributed by atoms with Gasteiger partial charge in [0.2, 0.25) is 0 Å². The summed E-state index contributed by atoms with van der Waals surface area (Å²) in [4.78, 5) is 11.1. The van der Waals surface area contributed by atoms with Crippen molar-refractivity contribution in [1.29, 1.82) is 0 Å². The molecule has 0 aromatic heterocycles. The zero-order chi connectivity index (χ0) is 19.8. The summed E-state index contributed by atoms with van der Waals surface area (Å²) in [5, 5.41) is 28.3. The van der Waals surface area contributed by atoms with Gasteiger partial charge in [-0.05, 0) is 30.0 Å². The molecule has 3 rings (SSSR count). The average Bonchev–Trinajstić information content (AvgIpc) is 2.59. The number of hydrogen-bond acceptors (Lipinski definition) is 6. The molecule has 0 unspecified atom stereocenters. The number of aryl methyl sites for hydroxylation is 1. The normalized spacial score (nSPS) is 11.9. The molecule has 3 aromatic carbocycles. The molecule has 0 spiro atoms. The third kappa shape index (κ3) is 3.50. The van der Waals surface area contributed by atoms with Crippen molar-refractivity contribution in [1.82, 2.24) is 0 Å². The smallest absolute Gasteiger partial charge is 0.340 e. The minimum absolute atomic E-state index is 0.107. The maximum Gasteiger partial charge on any atom is 0.340 e. The van der Waals surface area contributed by atoms with E-state index in [2.05, 4.69) is 10.2 Å². The molecular weight excluding hydrogens is 372 g/mol. The zero-order valence-electron chi connectivity index (χ0n) is 14.0. The first-order chi connectivity index (χ1) is 12.7. The van der Waals surface area contributed by atoms with Gasteiger partial charge in [-0.15, -0.1) is 10.2 Å². The number of aromatic carboxylic acids is 1. The molecule has 138 valence electrons. The van der Waals surface area contributed by atoms with Gasteiger partial charge in [0.25, 0.3) is 10.1 Å². The second-order valence-electron chi connectivity index (χ2n) is 5.74. The Bertz CT molecular complexity index is 1200. The number of fused-ring (bicyclic) bond motifs is 1. The number of carboxylic acid groups (broad SMARTS) is 1. The van der Waals surface area contributed by atoms with Crippen LogP contribution in [0.15, 0.2) is 63.7 Å². The largest absolute Gasteiger partial charge is 0.505 e. The highest BCUT2D eigenvalue weighted by Gasteiger charge is 2.20. The van der Waals surface area contributed by atoms with E-state index in [9.17, 15) is 28.0 Å². The highest BCUT2D eigenvalue weighted by molar-refractivity contribution is 7.86. The van der Waals surface area contributed by atoms with E-state index in [-0.39, 0.29) is 16.9 Å². The standard InChI is InChI=1S/C18H14N2O6S/c1-10-5-4-8-14(27(24,25)26)16(10)20-19-13-9-11-6-2-3-7-12(11)15(17(13)21)18(22)23/h2-9,21H,1H3,(H,22,23)(H,24,25,26). The second kappa shape index (κ2) is 6.78. The van der Waals surface area contributed by atoms with Crippen LogP contribution >= 0.6 is 0 Å². The van der Waals surface area contributed by atoms with Gasteiger partial charge < -0.3 is 10.2 Å². The summed E-state index contributed by atoms with van der Waals surface area (Å²) in [6.45, 7) is 1.58. The lowest BCUT2D eigenvalue weighted by molar-refractivity contribution is 0.0696. The van der Waals surface area contributed by atoms with E-state index in [0.29, 0.717) is 16.3 Å². The van der Waals surface area contributed by atoms with Gasteiger partial charge in [-0.25, -0.2) is 4.79 Å². The summed E-state index contributed by atoms with van der Waals surface area (Å²) in [6, 6.07) is 12.2. The van der Waals surface area contributed by atoms with Gasteiger partial charge in [-0.2, -0.15) is 8.42 Å². The first-order valence-corrected chi connectivity index (χ1v) is 9.11. The van der Waals surface area contributed by atoms with Crippen molar-refractivity contribution in [3.05, 3.63) is 59.7 Å². The summed E-state index contributed by atoms with van der Waals surface area (Å²) in [6.07, 6.45) is 0. The van der Waals surface area contributed by atoms with Gasteiger partial charge in [-0.3, -0.25) is 4.55 Å². The molecule has 0 atom stereocenters. The van der Waals surface area contributed by atoms with E-state index in [1.165, 1.54) is 18.2 Å². The van der Waals surface area contributed by atoms with Crippen LogP contribution in [0.4, 0.5) is 11.4 Å². The van der Waals surface area contributed by atoms with Crippen LogP contribution in [-0.2, 0) is 10.1 Å². The quantitative estimate of drug-likeness (QED) is 0.454. The average molecular weight is 386 g/mol. The van der Waals surface area contributed by atoms with Crippen molar-refractivity contribution in [2.45, 2.75) is 11.8 Å². The summed E-state index contributed by atoms with van der Waals surface area (Å²) in [5.41, 5.74) is -0.158. The van der Waals surface area contributed by atoms with Gasteiger partial charge in [0.15, 0.2) is 5.75 Å². The monoisotopic (exact) mass is 386 g/mol. The number of phenols is 1. The summed E-state index contributed by atoms with van der Waals surface area (Å²) >= 11 is 0. The Morgan fingerprint density at radius 1 is 1.04 bits per heavy atom. The number of aromatic hydroxyl groups is 1. The Morgan fingerprint density at radius 3 is 2.41 bits per heavy atom. The Morgan fingerprint density at radius 2 is 1.74 bits per heavy atom. The molecular formula is C18H14N2O6S. The van der Waals surface area contributed by atoms with E-state index >= 15 is 0 Å². The van der Waals surface area contributed by atoms with Gasteiger partial charge in [0.1, 0.15) is 21.8 Å². The Hall–Kier alpha value is -3.30. The van der Waals surface area contributed by atoms with E-state index in [1.54, 1.807) is 37.3 Å². The molecule has 8 nitrogen and oxygen atoms in total. The van der Waals surface area contributed by atoms with Crippen LogP contribution < -0.4 is 0 Å². The maximum absolute atomic E-state index is 11.6. The van der Waals surface area contributed by atoms with Crippen LogP contribution in [0, 0.1) is 6.92 Å². The Kier molecular flexibility index (Phi) is 4.64. The molecule has 0 saturated carbocycles. The second-order valence-corrected chi connectivity index (χ2v) is 7.13. The fourth-order valence-corrected chi connectivity index (χ4v) is 3.38. The Balaban J connectivity index is 2.22. The molecule has 9 heteroatoms. The van der Waals surface area contributed by atoms with Crippen molar-refractivity contribution in [3.63, 3.8) is 0 Å². The Labute approximate surface area is 154 Å². The molecule has 0 radical (unpaired) electrons. The van der Waals surface area contributed by atoms with Gasteiger partial charge >= 0.3 is 5.97 Å². The number of rotatable bonds is 4. The summed E-state index contributed by atoms with van der Waals surface area (Å²) in [7, 11) is -4.54. The van der Waals surface area contributed by atoms with Crippen LogP contribution in [0.3, 0.4) is 0 Å². The molecule has 0 bridgehead atoms. The number of nitrogens with zero attached hydrogens (tertiary/aromatic N) is 2. The maximum atomic E-state index is 11.6. The molecule has 0 heterocycles. The van der Waals surface area contributed by atoms with Crippen LogP contribution in [0.2, 0.25) is 0 Å². The molecule has 3 N–H and O–H groups in total. The molecule has 0 aliphatic rings. The predicted octanol–water partition coefficient (Wildman–Crippen LogP) is 4.21. The van der Waals surface area contributed by atoms with E-state index in [1.807, 2.05) is 0 Å². The number of carbonyl (C=O) groups is 1. The zero-order valence-corrected chi connectivity index (χ0v) is 14.8. The fraction of sp³-hybridized carbons (Fsp3) is 0.0556. The van der Waals surface area contributed by atoms with Gasteiger partial charge in [0, 0.05) is 5.39 Å². The molecule has 27 heavy (non-hydrogen) atoms. The molecule has 0 aliphatic heterocycles. The van der Waals surface area contributed by atoms with Crippen LogP contribution in [-0.4, -0.2) is 29.2 Å². The fourth-order valence-electron chi connectivity index (χ4n) is 2.69. The molecule has 0 aliphatic carbocycles. The van der Waals surface area contributed by atoms with E-state index < -0.39 is 26.7 Å². The van der Waals surface area contributed by atoms with Crippen molar-refractivity contribution >= 4 is 38.2 Å².